The first-order valence-electron chi connectivity index (χ1n) is 11.1. The molecule has 0 bridgehead atoms. The fraction of sp³-hybridized carbons (Fsp3) is 0.154. The fourth-order valence-corrected chi connectivity index (χ4v) is 4.33. The van der Waals surface area contributed by atoms with Crippen LogP contribution >= 0.6 is 11.8 Å². The molecule has 0 amide bonds. The molecule has 3 aromatic carbocycles. The molecule has 0 aliphatic carbocycles. The maximum atomic E-state index is 5.87. The quantitative estimate of drug-likeness (QED) is 0.246. The van der Waals surface area contributed by atoms with E-state index in [0.29, 0.717) is 35.1 Å². The van der Waals surface area contributed by atoms with Crippen LogP contribution in [0.3, 0.4) is 0 Å². The number of aromatic nitrogens is 5. The van der Waals surface area contributed by atoms with Crippen LogP contribution in [0.15, 0.2) is 88.4 Å². The summed E-state index contributed by atoms with van der Waals surface area (Å²) < 4.78 is 18.9. The van der Waals surface area contributed by atoms with Gasteiger partial charge < -0.3 is 13.9 Å². The van der Waals surface area contributed by atoms with Crippen molar-refractivity contribution >= 4 is 11.8 Å². The van der Waals surface area contributed by atoms with Crippen LogP contribution in [0.4, 0.5) is 0 Å². The lowest BCUT2D eigenvalue weighted by atomic mass is 10.2. The van der Waals surface area contributed by atoms with Gasteiger partial charge in [-0.1, -0.05) is 42.1 Å². The Hall–Kier alpha value is -4.11. The number of benzene rings is 3. The zero-order chi connectivity index (χ0) is 24.0. The molecule has 0 aliphatic rings. The highest BCUT2D eigenvalue weighted by Crippen LogP contribution is 2.32. The standard InChI is InChI=1S/C26H23N5O3S/c1-3-33-21-14-12-20(13-15-21)31-24(19-10-7-11-22(16-19)32-2)28-30-26(31)35-17-23-27-29-25(34-23)18-8-5-4-6-9-18/h4-16H,3,17H2,1-2H3. The highest BCUT2D eigenvalue weighted by molar-refractivity contribution is 7.98. The van der Waals surface area contributed by atoms with Gasteiger partial charge in [0.05, 0.1) is 19.5 Å². The van der Waals surface area contributed by atoms with E-state index < -0.39 is 0 Å². The highest BCUT2D eigenvalue weighted by Gasteiger charge is 2.18. The third-order valence-corrected chi connectivity index (χ3v) is 6.09. The number of ether oxygens (including phenoxy) is 2. The number of thioether (sulfide) groups is 1. The second-order valence-corrected chi connectivity index (χ2v) is 8.40. The molecule has 0 radical (unpaired) electrons. The molecule has 8 nitrogen and oxygen atoms in total. The SMILES string of the molecule is CCOc1ccc(-n2c(SCc3nnc(-c4ccccc4)o3)nnc2-c2cccc(OC)c2)cc1. The summed E-state index contributed by atoms with van der Waals surface area (Å²) in [6, 6.07) is 25.3. The van der Waals surface area contributed by atoms with Crippen molar-refractivity contribution < 1.29 is 13.9 Å². The van der Waals surface area contributed by atoms with E-state index in [1.807, 2.05) is 90.4 Å². The highest BCUT2D eigenvalue weighted by atomic mass is 32.2. The van der Waals surface area contributed by atoms with Crippen LogP contribution in [-0.4, -0.2) is 38.7 Å². The predicted molar refractivity (Wildman–Crippen MR) is 134 cm³/mol. The predicted octanol–water partition coefficient (Wildman–Crippen LogP) is 5.68. The minimum Gasteiger partial charge on any atom is -0.497 e. The average Bonchev–Trinajstić information content (AvgIpc) is 3.56. The van der Waals surface area contributed by atoms with E-state index in [-0.39, 0.29) is 0 Å². The Morgan fingerprint density at radius 3 is 2.40 bits per heavy atom. The molecular weight excluding hydrogens is 462 g/mol. The van der Waals surface area contributed by atoms with Crippen molar-refractivity contribution in [3.8, 4) is 40.0 Å². The first kappa shape index (κ1) is 22.7. The molecular formula is C26H23N5O3S. The average molecular weight is 486 g/mol. The van der Waals surface area contributed by atoms with Gasteiger partial charge >= 0.3 is 0 Å². The molecule has 5 aromatic rings. The first-order chi connectivity index (χ1) is 17.2. The topological polar surface area (TPSA) is 88.1 Å². The van der Waals surface area contributed by atoms with Crippen LogP contribution in [0, 0.1) is 0 Å². The third-order valence-electron chi connectivity index (χ3n) is 5.18. The number of hydrogen-bond donors (Lipinski definition) is 0. The van der Waals surface area contributed by atoms with Gasteiger partial charge in [0.25, 0.3) is 0 Å². The minimum absolute atomic E-state index is 0.451. The lowest BCUT2D eigenvalue weighted by Gasteiger charge is -2.11. The second kappa shape index (κ2) is 10.4. The van der Waals surface area contributed by atoms with Crippen molar-refractivity contribution in [1.82, 2.24) is 25.0 Å². The van der Waals surface area contributed by atoms with E-state index >= 15 is 0 Å². The molecule has 0 saturated carbocycles. The Morgan fingerprint density at radius 1 is 0.829 bits per heavy atom. The Bertz CT molecular complexity index is 1400. The lowest BCUT2D eigenvalue weighted by Crippen LogP contribution is -2.00. The smallest absolute Gasteiger partial charge is 0.247 e. The molecule has 0 atom stereocenters. The Labute approximate surface area is 206 Å². The fourth-order valence-electron chi connectivity index (χ4n) is 3.54. The third kappa shape index (κ3) is 5.04. The van der Waals surface area contributed by atoms with Gasteiger partial charge in [0.2, 0.25) is 11.8 Å². The van der Waals surface area contributed by atoms with Gasteiger partial charge in [-0.25, -0.2) is 0 Å². The number of hydrogen-bond acceptors (Lipinski definition) is 8. The van der Waals surface area contributed by atoms with E-state index in [9.17, 15) is 0 Å². The zero-order valence-electron chi connectivity index (χ0n) is 19.3. The number of methoxy groups -OCH3 is 1. The summed E-state index contributed by atoms with van der Waals surface area (Å²) in [6.07, 6.45) is 0. The molecule has 2 aromatic heterocycles. The summed E-state index contributed by atoms with van der Waals surface area (Å²) in [7, 11) is 1.64. The van der Waals surface area contributed by atoms with Crippen LogP contribution in [0.1, 0.15) is 12.8 Å². The Morgan fingerprint density at radius 2 is 1.63 bits per heavy atom. The molecule has 0 spiro atoms. The monoisotopic (exact) mass is 485 g/mol. The van der Waals surface area contributed by atoms with E-state index in [4.69, 9.17) is 13.9 Å². The molecule has 0 N–H and O–H groups in total. The second-order valence-electron chi connectivity index (χ2n) is 7.46. The number of nitrogens with zero attached hydrogens (tertiary/aromatic N) is 5. The largest absolute Gasteiger partial charge is 0.497 e. The molecule has 9 heteroatoms. The van der Waals surface area contributed by atoms with E-state index in [2.05, 4.69) is 20.4 Å². The van der Waals surface area contributed by atoms with Crippen LogP contribution in [0.5, 0.6) is 11.5 Å². The van der Waals surface area contributed by atoms with Crippen molar-refractivity contribution in [2.24, 2.45) is 0 Å². The summed E-state index contributed by atoms with van der Waals surface area (Å²) in [4.78, 5) is 0. The van der Waals surface area contributed by atoms with Gasteiger partial charge in [0.15, 0.2) is 11.0 Å². The van der Waals surface area contributed by atoms with Crippen LogP contribution in [-0.2, 0) is 5.75 Å². The van der Waals surface area contributed by atoms with Crippen molar-refractivity contribution in [1.29, 1.82) is 0 Å². The minimum atomic E-state index is 0.451. The summed E-state index contributed by atoms with van der Waals surface area (Å²) in [5, 5.41) is 18.1. The number of rotatable bonds is 9. The van der Waals surface area contributed by atoms with Crippen LogP contribution in [0.2, 0.25) is 0 Å². The molecule has 2 heterocycles. The molecule has 176 valence electrons. The maximum absolute atomic E-state index is 5.87. The van der Waals surface area contributed by atoms with Gasteiger partial charge in [-0.2, -0.15) is 0 Å². The summed E-state index contributed by atoms with van der Waals surface area (Å²) in [5.74, 6) is 3.71. The van der Waals surface area contributed by atoms with Gasteiger partial charge in [-0.15, -0.1) is 20.4 Å². The Kier molecular flexibility index (Phi) is 6.76. The molecule has 0 saturated heterocycles. The van der Waals surface area contributed by atoms with Gasteiger partial charge in [-0.05, 0) is 55.5 Å². The van der Waals surface area contributed by atoms with Crippen molar-refractivity contribution in [3.05, 3.63) is 84.8 Å². The van der Waals surface area contributed by atoms with Crippen LogP contribution in [0.25, 0.3) is 28.5 Å². The molecule has 5 rings (SSSR count). The van der Waals surface area contributed by atoms with Crippen LogP contribution < -0.4 is 9.47 Å². The first-order valence-corrected chi connectivity index (χ1v) is 12.1. The zero-order valence-corrected chi connectivity index (χ0v) is 20.1. The van der Waals surface area contributed by atoms with E-state index in [0.717, 1.165) is 28.3 Å². The maximum Gasteiger partial charge on any atom is 0.247 e. The van der Waals surface area contributed by atoms with E-state index in [1.165, 1.54) is 11.8 Å². The normalized spacial score (nSPS) is 10.9. The van der Waals surface area contributed by atoms with Crippen molar-refractivity contribution in [2.75, 3.05) is 13.7 Å². The summed E-state index contributed by atoms with van der Waals surface area (Å²) >= 11 is 1.47. The molecule has 0 unspecified atom stereocenters. The molecule has 0 fully saturated rings. The van der Waals surface area contributed by atoms with Gasteiger partial charge in [0.1, 0.15) is 11.5 Å². The molecule has 35 heavy (non-hydrogen) atoms. The van der Waals surface area contributed by atoms with E-state index in [1.54, 1.807) is 7.11 Å². The summed E-state index contributed by atoms with van der Waals surface area (Å²) in [5.41, 5.74) is 2.69. The van der Waals surface area contributed by atoms with Crippen molar-refractivity contribution in [3.63, 3.8) is 0 Å². The Balaban J connectivity index is 1.46. The van der Waals surface area contributed by atoms with Gasteiger partial charge in [0, 0.05) is 16.8 Å². The lowest BCUT2D eigenvalue weighted by molar-refractivity contribution is 0.340. The van der Waals surface area contributed by atoms with Crippen molar-refractivity contribution in [2.45, 2.75) is 17.8 Å². The molecule has 0 aliphatic heterocycles. The summed E-state index contributed by atoms with van der Waals surface area (Å²) in [6.45, 7) is 2.57. The van der Waals surface area contributed by atoms with Gasteiger partial charge in [-0.3, -0.25) is 4.57 Å².